The van der Waals surface area contributed by atoms with E-state index in [2.05, 4.69) is 15.3 Å². The topological polar surface area (TPSA) is 98.0 Å². The number of aryl methyl sites for hydroxylation is 1. The van der Waals surface area contributed by atoms with Gasteiger partial charge in [0.05, 0.1) is 4.90 Å². The van der Waals surface area contributed by atoms with Crippen LogP contribution in [0.3, 0.4) is 0 Å². The maximum absolute atomic E-state index is 11.1. The highest BCUT2D eigenvalue weighted by atomic mass is 35.5. The van der Waals surface area contributed by atoms with E-state index in [1.54, 1.807) is 18.2 Å². The molecule has 0 fully saturated rings. The van der Waals surface area contributed by atoms with E-state index in [-0.39, 0.29) is 10.2 Å². The lowest BCUT2D eigenvalue weighted by Crippen LogP contribution is -2.12. The first-order chi connectivity index (χ1) is 9.34. The molecule has 0 radical (unpaired) electrons. The van der Waals surface area contributed by atoms with Crippen molar-refractivity contribution in [1.82, 2.24) is 9.97 Å². The van der Waals surface area contributed by atoms with Crippen molar-refractivity contribution in [1.29, 1.82) is 0 Å². The first-order valence-corrected chi connectivity index (χ1v) is 7.64. The number of sulfonamides is 1. The largest absolute Gasteiger partial charge is 0.366 e. The van der Waals surface area contributed by atoms with Gasteiger partial charge in [-0.05, 0) is 36.2 Å². The molecule has 6 nitrogen and oxygen atoms in total. The predicted molar refractivity (Wildman–Crippen MR) is 76.9 cm³/mol. The number of aromatic nitrogens is 2. The summed E-state index contributed by atoms with van der Waals surface area (Å²) in [6.07, 6.45) is 0. The van der Waals surface area contributed by atoms with Crippen molar-refractivity contribution in [2.24, 2.45) is 5.14 Å². The summed E-state index contributed by atoms with van der Waals surface area (Å²) in [5.74, 6) is 0.609. The Bertz CT molecular complexity index is 696. The Morgan fingerprint density at radius 3 is 2.45 bits per heavy atom. The fourth-order valence-electron chi connectivity index (χ4n) is 1.61. The molecule has 0 saturated heterocycles. The third kappa shape index (κ3) is 3.89. The molecule has 1 heterocycles. The zero-order valence-electron chi connectivity index (χ0n) is 10.7. The quantitative estimate of drug-likeness (QED) is 0.837. The summed E-state index contributed by atoms with van der Waals surface area (Å²) in [6, 6.07) is 8.06. The molecule has 0 unspecified atom stereocenters. The molecule has 0 aliphatic heterocycles. The highest BCUT2D eigenvalue weighted by molar-refractivity contribution is 7.89. The van der Waals surface area contributed by atoms with Gasteiger partial charge in [0.1, 0.15) is 5.82 Å². The van der Waals surface area contributed by atoms with E-state index in [9.17, 15) is 8.42 Å². The van der Waals surface area contributed by atoms with E-state index < -0.39 is 10.0 Å². The average Bonchev–Trinajstić information content (AvgIpc) is 2.35. The van der Waals surface area contributed by atoms with Crippen LogP contribution < -0.4 is 10.5 Å². The minimum Gasteiger partial charge on any atom is -0.366 e. The molecule has 106 valence electrons. The Labute approximate surface area is 122 Å². The number of primary sulfonamides is 1. The summed E-state index contributed by atoms with van der Waals surface area (Å²) in [6.45, 7) is 2.30. The summed E-state index contributed by atoms with van der Waals surface area (Å²) >= 11 is 5.76. The van der Waals surface area contributed by atoms with Crippen molar-refractivity contribution in [2.45, 2.75) is 18.4 Å². The second-order valence-corrected chi connectivity index (χ2v) is 6.11. The van der Waals surface area contributed by atoms with Crippen LogP contribution >= 0.6 is 11.6 Å². The Balaban J connectivity index is 2.07. The second kappa shape index (κ2) is 5.74. The molecule has 0 atom stereocenters. The molecule has 8 heteroatoms. The number of nitrogens with zero attached hydrogens (tertiary/aromatic N) is 2. The summed E-state index contributed by atoms with van der Waals surface area (Å²) in [7, 11) is -3.66. The van der Waals surface area contributed by atoms with Gasteiger partial charge in [0, 0.05) is 18.3 Å². The summed E-state index contributed by atoms with van der Waals surface area (Å²) in [5.41, 5.74) is 1.65. The molecule has 0 spiro atoms. The molecule has 0 amide bonds. The Hall–Kier alpha value is -1.70. The third-order valence-corrected chi connectivity index (χ3v) is 3.65. The predicted octanol–water partition coefficient (Wildman–Crippen LogP) is 1.70. The van der Waals surface area contributed by atoms with E-state index in [0.29, 0.717) is 12.4 Å². The molecule has 0 aliphatic carbocycles. The molecule has 1 aromatic heterocycles. The van der Waals surface area contributed by atoms with Crippen LogP contribution in [0.15, 0.2) is 35.2 Å². The Morgan fingerprint density at radius 1 is 1.25 bits per heavy atom. The average molecular weight is 313 g/mol. The molecule has 2 rings (SSSR count). The molecule has 0 aliphatic rings. The Kier molecular flexibility index (Phi) is 4.22. The van der Waals surface area contributed by atoms with Crippen LogP contribution in [0.5, 0.6) is 0 Å². The first kappa shape index (κ1) is 14.7. The number of nitrogens with two attached hydrogens (primary N) is 1. The van der Waals surface area contributed by atoms with E-state index in [1.807, 2.05) is 6.92 Å². The zero-order chi connectivity index (χ0) is 14.8. The highest BCUT2D eigenvalue weighted by Gasteiger charge is 2.06. The van der Waals surface area contributed by atoms with Crippen LogP contribution in [0.4, 0.5) is 5.82 Å². The van der Waals surface area contributed by atoms with Gasteiger partial charge >= 0.3 is 0 Å². The van der Waals surface area contributed by atoms with E-state index in [4.69, 9.17) is 16.7 Å². The number of halogens is 1. The lowest BCUT2D eigenvalue weighted by Gasteiger charge is -2.07. The van der Waals surface area contributed by atoms with Crippen LogP contribution in [0.1, 0.15) is 11.3 Å². The van der Waals surface area contributed by atoms with Gasteiger partial charge in [-0.2, -0.15) is 0 Å². The number of rotatable bonds is 4. The maximum Gasteiger partial charge on any atom is 0.238 e. The molecular formula is C12H13ClN4O2S. The standard InChI is InChI=1S/C12H13ClN4O2S/c1-8-6-11(17-12(13)16-8)15-7-9-2-4-10(5-3-9)20(14,18)19/h2-6H,7H2,1H3,(H2,14,18,19)(H,15,16,17). The maximum atomic E-state index is 11.1. The van der Waals surface area contributed by atoms with Crippen molar-refractivity contribution in [3.63, 3.8) is 0 Å². The molecular weight excluding hydrogens is 300 g/mol. The van der Waals surface area contributed by atoms with E-state index >= 15 is 0 Å². The molecule has 0 bridgehead atoms. The van der Waals surface area contributed by atoms with Crippen molar-refractivity contribution in [2.75, 3.05) is 5.32 Å². The minimum absolute atomic E-state index is 0.0853. The number of hydrogen-bond donors (Lipinski definition) is 2. The lowest BCUT2D eigenvalue weighted by atomic mass is 10.2. The van der Waals surface area contributed by atoms with Crippen LogP contribution in [0.2, 0.25) is 5.28 Å². The molecule has 2 aromatic rings. The normalized spacial score (nSPS) is 11.3. The molecule has 1 aromatic carbocycles. The van der Waals surface area contributed by atoms with E-state index in [1.165, 1.54) is 12.1 Å². The van der Waals surface area contributed by atoms with Crippen molar-refractivity contribution >= 4 is 27.4 Å². The fourth-order valence-corrected chi connectivity index (χ4v) is 2.35. The van der Waals surface area contributed by atoms with Gasteiger partial charge < -0.3 is 5.32 Å². The van der Waals surface area contributed by atoms with Gasteiger partial charge in [0.25, 0.3) is 0 Å². The van der Waals surface area contributed by atoms with Crippen LogP contribution in [-0.4, -0.2) is 18.4 Å². The summed E-state index contributed by atoms with van der Waals surface area (Å²) in [4.78, 5) is 8.08. The van der Waals surface area contributed by atoms with Crippen molar-refractivity contribution < 1.29 is 8.42 Å². The van der Waals surface area contributed by atoms with Crippen LogP contribution in [0.25, 0.3) is 0 Å². The zero-order valence-corrected chi connectivity index (χ0v) is 12.2. The van der Waals surface area contributed by atoms with E-state index in [0.717, 1.165) is 11.3 Å². The summed E-state index contributed by atoms with van der Waals surface area (Å²) < 4.78 is 22.3. The number of nitrogens with one attached hydrogen (secondary N) is 1. The minimum atomic E-state index is -3.66. The number of benzene rings is 1. The molecule has 20 heavy (non-hydrogen) atoms. The van der Waals surface area contributed by atoms with Crippen LogP contribution in [0, 0.1) is 6.92 Å². The number of anilines is 1. The fraction of sp³-hybridized carbons (Fsp3) is 0.167. The van der Waals surface area contributed by atoms with Crippen LogP contribution in [-0.2, 0) is 16.6 Å². The smallest absolute Gasteiger partial charge is 0.238 e. The first-order valence-electron chi connectivity index (χ1n) is 5.71. The van der Waals surface area contributed by atoms with Gasteiger partial charge in [-0.3, -0.25) is 0 Å². The van der Waals surface area contributed by atoms with Gasteiger partial charge in [0.15, 0.2) is 0 Å². The second-order valence-electron chi connectivity index (χ2n) is 4.21. The monoisotopic (exact) mass is 312 g/mol. The van der Waals surface area contributed by atoms with Gasteiger partial charge in [-0.25, -0.2) is 23.5 Å². The lowest BCUT2D eigenvalue weighted by molar-refractivity contribution is 0.598. The third-order valence-electron chi connectivity index (χ3n) is 2.55. The van der Waals surface area contributed by atoms with Gasteiger partial charge in [0.2, 0.25) is 15.3 Å². The molecule has 3 N–H and O–H groups in total. The van der Waals surface area contributed by atoms with Crippen molar-refractivity contribution in [3.05, 3.63) is 46.9 Å². The highest BCUT2D eigenvalue weighted by Crippen LogP contribution is 2.13. The number of hydrogen-bond acceptors (Lipinski definition) is 5. The SMILES string of the molecule is Cc1cc(NCc2ccc(S(N)(=O)=O)cc2)nc(Cl)n1. The van der Waals surface area contributed by atoms with Gasteiger partial charge in [-0.15, -0.1) is 0 Å². The molecule has 0 saturated carbocycles. The summed E-state index contributed by atoms with van der Waals surface area (Å²) in [5, 5.41) is 8.29. The van der Waals surface area contributed by atoms with Gasteiger partial charge in [-0.1, -0.05) is 12.1 Å². The van der Waals surface area contributed by atoms with Crippen molar-refractivity contribution in [3.8, 4) is 0 Å². The Morgan fingerprint density at radius 2 is 1.90 bits per heavy atom.